The van der Waals surface area contributed by atoms with E-state index in [1.165, 1.54) is 0 Å². The Kier molecular flexibility index (Phi) is 5.73. The summed E-state index contributed by atoms with van der Waals surface area (Å²) >= 11 is 3.45. The second kappa shape index (κ2) is 7.15. The molecule has 118 valence electrons. The van der Waals surface area contributed by atoms with Crippen molar-refractivity contribution in [3.63, 3.8) is 0 Å². The molecule has 0 saturated heterocycles. The number of hydrogen-bond acceptors (Lipinski definition) is 2. The lowest BCUT2D eigenvalue weighted by atomic mass is 9.80. The highest BCUT2D eigenvalue weighted by Crippen LogP contribution is 2.31. The largest absolute Gasteiger partial charge is 0.243 e. The highest BCUT2D eigenvalue weighted by atomic mass is 79.9. The van der Waals surface area contributed by atoms with Gasteiger partial charge in [0, 0.05) is 11.9 Å². The molecular formula is C14H18BrF2NO2S. The maximum Gasteiger partial charge on any atom is 0.243 e. The van der Waals surface area contributed by atoms with Crippen LogP contribution in [0.5, 0.6) is 0 Å². The third kappa shape index (κ3) is 4.23. The predicted octanol–water partition coefficient (Wildman–Crippen LogP) is 3.44. The van der Waals surface area contributed by atoms with E-state index in [-0.39, 0.29) is 12.5 Å². The summed E-state index contributed by atoms with van der Waals surface area (Å²) in [4.78, 5) is -0.631. The van der Waals surface area contributed by atoms with Crippen LogP contribution < -0.4 is 4.72 Å². The number of rotatable bonds is 5. The van der Waals surface area contributed by atoms with Gasteiger partial charge in [-0.05, 0) is 42.9 Å². The molecular weight excluding hydrogens is 364 g/mol. The van der Waals surface area contributed by atoms with Crippen LogP contribution in [0.15, 0.2) is 23.1 Å². The van der Waals surface area contributed by atoms with Crippen LogP contribution in [0.1, 0.15) is 25.7 Å². The van der Waals surface area contributed by atoms with Crippen molar-refractivity contribution in [2.24, 2.45) is 11.8 Å². The Morgan fingerprint density at radius 1 is 1.19 bits per heavy atom. The zero-order valence-corrected chi connectivity index (χ0v) is 13.9. The lowest BCUT2D eigenvalue weighted by molar-refractivity contribution is 0.263. The number of halogens is 3. The molecule has 21 heavy (non-hydrogen) atoms. The molecule has 0 heterocycles. The SMILES string of the molecule is O=S(=O)(NCC1CCCCC1CBr)c1cc(F)ccc1F. The normalized spacial score (nSPS) is 23.2. The van der Waals surface area contributed by atoms with Crippen molar-refractivity contribution in [2.75, 3.05) is 11.9 Å². The van der Waals surface area contributed by atoms with Gasteiger partial charge in [0.05, 0.1) is 0 Å². The van der Waals surface area contributed by atoms with Gasteiger partial charge in [-0.15, -0.1) is 0 Å². The molecule has 1 fully saturated rings. The minimum absolute atomic E-state index is 0.226. The van der Waals surface area contributed by atoms with Gasteiger partial charge in [0.1, 0.15) is 16.5 Å². The topological polar surface area (TPSA) is 46.2 Å². The van der Waals surface area contributed by atoms with Crippen LogP contribution in [0, 0.1) is 23.5 Å². The van der Waals surface area contributed by atoms with Gasteiger partial charge < -0.3 is 0 Å². The molecule has 0 aromatic heterocycles. The third-order valence-electron chi connectivity index (χ3n) is 3.98. The van der Waals surface area contributed by atoms with Gasteiger partial charge in [-0.1, -0.05) is 28.8 Å². The van der Waals surface area contributed by atoms with Gasteiger partial charge in [-0.2, -0.15) is 0 Å². The van der Waals surface area contributed by atoms with Gasteiger partial charge in [0.25, 0.3) is 0 Å². The zero-order chi connectivity index (χ0) is 15.5. The second-order valence-corrected chi connectivity index (χ2v) is 7.77. The second-order valence-electron chi connectivity index (χ2n) is 5.39. The number of nitrogens with one attached hydrogen (secondary N) is 1. The van der Waals surface area contributed by atoms with Crippen LogP contribution in [0.25, 0.3) is 0 Å². The Morgan fingerprint density at radius 2 is 1.86 bits per heavy atom. The van der Waals surface area contributed by atoms with E-state index in [2.05, 4.69) is 20.7 Å². The van der Waals surface area contributed by atoms with Gasteiger partial charge in [-0.25, -0.2) is 21.9 Å². The summed E-state index contributed by atoms with van der Waals surface area (Å²) in [7, 11) is -4.02. The smallest absolute Gasteiger partial charge is 0.211 e. The predicted molar refractivity (Wildman–Crippen MR) is 80.8 cm³/mol. The molecule has 1 aliphatic rings. The Bertz CT molecular complexity index is 595. The van der Waals surface area contributed by atoms with Crippen molar-refractivity contribution in [1.29, 1.82) is 0 Å². The molecule has 0 amide bonds. The van der Waals surface area contributed by atoms with Crippen LogP contribution in [0.2, 0.25) is 0 Å². The monoisotopic (exact) mass is 381 g/mol. The molecule has 1 aromatic carbocycles. The van der Waals surface area contributed by atoms with E-state index in [4.69, 9.17) is 0 Å². The number of benzene rings is 1. The Morgan fingerprint density at radius 3 is 2.52 bits per heavy atom. The molecule has 3 nitrogen and oxygen atoms in total. The molecule has 2 unspecified atom stereocenters. The van der Waals surface area contributed by atoms with Crippen molar-refractivity contribution in [3.05, 3.63) is 29.8 Å². The average molecular weight is 382 g/mol. The van der Waals surface area contributed by atoms with E-state index >= 15 is 0 Å². The molecule has 1 aliphatic carbocycles. The first-order valence-electron chi connectivity index (χ1n) is 6.94. The van der Waals surface area contributed by atoms with Crippen LogP contribution in [-0.4, -0.2) is 20.3 Å². The molecule has 2 atom stereocenters. The Labute approximate surface area is 132 Å². The Hall–Kier alpha value is -0.530. The summed E-state index contributed by atoms with van der Waals surface area (Å²) in [6, 6.07) is 2.43. The Balaban J connectivity index is 2.09. The van der Waals surface area contributed by atoms with Crippen molar-refractivity contribution in [1.82, 2.24) is 4.72 Å². The van der Waals surface area contributed by atoms with Gasteiger partial charge in [0.2, 0.25) is 10.0 Å². The molecule has 0 bridgehead atoms. The summed E-state index contributed by atoms with van der Waals surface area (Å²) in [5.74, 6) is -1.07. The maximum atomic E-state index is 13.6. The first-order valence-corrected chi connectivity index (χ1v) is 9.55. The van der Waals surface area contributed by atoms with Crippen molar-refractivity contribution < 1.29 is 17.2 Å². The van der Waals surface area contributed by atoms with Crippen molar-refractivity contribution in [2.45, 2.75) is 30.6 Å². The fraction of sp³-hybridized carbons (Fsp3) is 0.571. The molecule has 2 rings (SSSR count). The lowest BCUT2D eigenvalue weighted by Crippen LogP contribution is -2.35. The number of alkyl halides is 1. The molecule has 0 radical (unpaired) electrons. The minimum atomic E-state index is -4.02. The van der Waals surface area contributed by atoms with E-state index in [0.29, 0.717) is 12.0 Å². The molecule has 1 N–H and O–H groups in total. The van der Waals surface area contributed by atoms with Crippen LogP contribution >= 0.6 is 15.9 Å². The highest BCUT2D eigenvalue weighted by Gasteiger charge is 2.27. The van der Waals surface area contributed by atoms with Gasteiger partial charge in [0.15, 0.2) is 0 Å². The molecule has 1 saturated carbocycles. The molecule has 0 spiro atoms. The molecule has 0 aliphatic heterocycles. The average Bonchev–Trinajstić information content (AvgIpc) is 2.48. The third-order valence-corrected chi connectivity index (χ3v) is 6.25. The maximum absolute atomic E-state index is 13.6. The summed E-state index contributed by atoms with van der Waals surface area (Å²) in [5.41, 5.74) is 0. The van der Waals surface area contributed by atoms with Crippen molar-refractivity contribution in [3.8, 4) is 0 Å². The van der Waals surface area contributed by atoms with Crippen molar-refractivity contribution >= 4 is 26.0 Å². The standard InChI is InChI=1S/C14H18BrF2NO2S/c15-8-10-3-1-2-4-11(10)9-18-21(19,20)14-7-12(16)5-6-13(14)17/h5-7,10-11,18H,1-4,8-9H2. The molecule has 1 aromatic rings. The summed E-state index contributed by atoms with van der Waals surface area (Å²) in [6.07, 6.45) is 4.23. The number of sulfonamides is 1. The quantitative estimate of drug-likeness (QED) is 0.793. The fourth-order valence-corrected chi connectivity index (χ4v) is 4.77. The lowest BCUT2D eigenvalue weighted by Gasteiger charge is -2.30. The minimum Gasteiger partial charge on any atom is -0.211 e. The van der Waals surface area contributed by atoms with Gasteiger partial charge >= 0.3 is 0 Å². The van der Waals surface area contributed by atoms with Crippen LogP contribution in [-0.2, 0) is 10.0 Å². The van der Waals surface area contributed by atoms with Gasteiger partial charge in [-0.3, -0.25) is 0 Å². The molecule has 7 heteroatoms. The van der Waals surface area contributed by atoms with E-state index < -0.39 is 26.6 Å². The van der Waals surface area contributed by atoms with Crippen LogP contribution in [0.3, 0.4) is 0 Å². The van der Waals surface area contributed by atoms with Crippen LogP contribution in [0.4, 0.5) is 8.78 Å². The zero-order valence-electron chi connectivity index (χ0n) is 11.5. The van der Waals surface area contributed by atoms with E-state index in [1.54, 1.807) is 0 Å². The summed E-state index contributed by atoms with van der Waals surface area (Å²) < 4.78 is 53.4. The number of hydrogen-bond donors (Lipinski definition) is 1. The summed E-state index contributed by atoms with van der Waals surface area (Å²) in [5, 5.41) is 0.827. The first kappa shape index (κ1) is 16.8. The van der Waals surface area contributed by atoms with E-state index in [0.717, 1.165) is 43.1 Å². The fourth-order valence-electron chi connectivity index (χ4n) is 2.73. The van der Waals surface area contributed by atoms with E-state index in [9.17, 15) is 17.2 Å². The first-order chi connectivity index (χ1) is 9.94. The summed E-state index contributed by atoms with van der Waals surface area (Å²) in [6.45, 7) is 0.258. The highest BCUT2D eigenvalue weighted by molar-refractivity contribution is 9.09. The van der Waals surface area contributed by atoms with E-state index in [1.807, 2.05) is 0 Å².